The number of hydrogen-bond acceptors (Lipinski definition) is 3. The highest BCUT2D eigenvalue weighted by Crippen LogP contribution is 2.39. The van der Waals surface area contributed by atoms with Crippen molar-refractivity contribution in [2.24, 2.45) is 0 Å². The van der Waals surface area contributed by atoms with Crippen LogP contribution in [-0.4, -0.2) is 17.5 Å². The zero-order valence-electron chi connectivity index (χ0n) is 11.8. The van der Waals surface area contributed by atoms with Crippen molar-refractivity contribution in [2.45, 2.75) is 43.4 Å². The van der Waals surface area contributed by atoms with Crippen LogP contribution >= 0.6 is 11.8 Å². The second-order valence-corrected chi connectivity index (χ2v) is 6.70. The molecule has 1 fully saturated rings. The summed E-state index contributed by atoms with van der Waals surface area (Å²) in [5.74, 6) is 0. The van der Waals surface area contributed by atoms with Crippen molar-refractivity contribution in [3.05, 3.63) is 35.4 Å². The molecular weight excluding hydrogens is 252 g/mol. The molecule has 0 aromatic heterocycles. The predicted molar refractivity (Wildman–Crippen MR) is 82.3 cm³/mol. The smallest absolute Gasteiger partial charge is 0.0991 e. The van der Waals surface area contributed by atoms with E-state index in [1.807, 2.05) is 23.9 Å². The van der Waals surface area contributed by atoms with Gasteiger partial charge in [-0.1, -0.05) is 25.0 Å². The van der Waals surface area contributed by atoms with Gasteiger partial charge in [-0.3, -0.25) is 0 Å². The van der Waals surface area contributed by atoms with Gasteiger partial charge < -0.3 is 5.32 Å². The summed E-state index contributed by atoms with van der Waals surface area (Å²) in [6.45, 7) is 3.28. The zero-order chi connectivity index (χ0) is 13.7. The van der Waals surface area contributed by atoms with Crippen molar-refractivity contribution in [3.63, 3.8) is 0 Å². The molecule has 0 spiro atoms. The third-order valence-electron chi connectivity index (χ3n) is 4.22. The van der Waals surface area contributed by atoms with Crippen LogP contribution in [0.5, 0.6) is 0 Å². The lowest BCUT2D eigenvalue weighted by Gasteiger charge is -2.29. The molecule has 0 heterocycles. The highest BCUT2D eigenvalue weighted by molar-refractivity contribution is 8.00. The normalized spacial score (nSPS) is 19.0. The number of nitrogens with zero attached hydrogens (tertiary/aromatic N) is 1. The fourth-order valence-electron chi connectivity index (χ4n) is 2.78. The topological polar surface area (TPSA) is 35.8 Å². The van der Waals surface area contributed by atoms with E-state index in [0.717, 1.165) is 12.1 Å². The Kier molecular flexibility index (Phi) is 4.90. The molecule has 0 amide bonds. The summed E-state index contributed by atoms with van der Waals surface area (Å²) < 4.78 is 0.445. The number of nitriles is 1. The number of rotatable bonds is 5. The molecule has 2 nitrogen and oxygen atoms in total. The van der Waals surface area contributed by atoms with E-state index in [1.165, 1.54) is 31.2 Å². The third kappa shape index (κ3) is 3.52. The lowest BCUT2D eigenvalue weighted by atomic mass is 10.0. The van der Waals surface area contributed by atoms with Gasteiger partial charge in [-0.2, -0.15) is 17.0 Å². The zero-order valence-corrected chi connectivity index (χ0v) is 12.6. The maximum Gasteiger partial charge on any atom is 0.0991 e. The van der Waals surface area contributed by atoms with Gasteiger partial charge >= 0.3 is 0 Å². The first kappa shape index (κ1) is 14.4. The molecule has 0 aliphatic heterocycles. The lowest BCUT2D eigenvalue weighted by molar-refractivity contribution is 0.486. The van der Waals surface area contributed by atoms with Crippen LogP contribution in [0, 0.1) is 11.3 Å². The average molecular weight is 274 g/mol. The molecular formula is C16H22N2S. The van der Waals surface area contributed by atoms with Gasteiger partial charge in [0, 0.05) is 17.3 Å². The third-order valence-corrected chi connectivity index (χ3v) is 5.64. The molecule has 1 unspecified atom stereocenters. The molecule has 0 saturated heterocycles. The molecule has 3 heteroatoms. The Morgan fingerprint density at radius 2 is 1.95 bits per heavy atom. The summed E-state index contributed by atoms with van der Waals surface area (Å²) >= 11 is 2.02. The van der Waals surface area contributed by atoms with Crippen LogP contribution in [0.1, 0.15) is 49.8 Å². The van der Waals surface area contributed by atoms with Gasteiger partial charge in [0.05, 0.1) is 11.6 Å². The van der Waals surface area contributed by atoms with Crippen molar-refractivity contribution in [1.29, 1.82) is 5.26 Å². The Morgan fingerprint density at radius 3 is 2.47 bits per heavy atom. The summed E-state index contributed by atoms with van der Waals surface area (Å²) in [6, 6.07) is 10.4. The molecule has 1 N–H and O–H groups in total. The minimum Gasteiger partial charge on any atom is -0.309 e. The molecule has 0 bridgehead atoms. The van der Waals surface area contributed by atoms with Crippen molar-refractivity contribution < 1.29 is 0 Å². The van der Waals surface area contributed by atoms with E-state index >= 15 is 0 Å². The fourth-order valence-corrected chi connectivity index (χ4v) is 3.70. The van der Waals surface area contributed by atoms with Crippen LogP contribution in [0.4, 0.5) is 0 Å². The van der Waals surface area contributed by atoms with Gasteiger partial charge in [0.1, 0.15) is 0 Å². The van der Waals surface area contributed by atoms with Crippen LogP contribution < -0.4 is 5.32 Å². The van der Waals surface area contributed by atoms with E-state index in [1.54, 1.807) is 0 Å². The molecule has 1 atom stereocenters. The molecule has 1 aliphatic rings. The monoisotopic (exact) mass is 274 g/mol. The number of hydrogen-bond donors (Lipinski definition) is 1. The predicted octanol–water partition coefficient (Wildman–Crippen LogP) is 3.88. The molecule has 1 saturated carbocycles. The standard InChI is InChI=1S/C16H22N2S/c1-13(15-7-5-14(11-17)6-8-15)18-12-16(19-2)9-3-4-10-16/h5-8,13,18H,3-4,9-10,12H2,1-2H3. The van der Waals surface area contributed by atoms with Crippen LogP contribution in [0.25, 0.3) is 0 Å². The van der Waals surface area contributed by atoms with Gasteiger partial charge in [0.2, 0.25) is 0 Å². The fraction of sp³-hybridized carbons (Fsp3) is 0.562. The van der Waals surface area contributed by atoms with Crippen molar-refractivity contribution in [3.8, 4) is 6.07 Å². The van der Waals surface area contributed by atoms with Gasteiger partial charge in [0.15, 0.2) is 0 Å². The SMILES string of the molecule is CSC1(CNC(C)c2ccc(C#N)cc2)CCCC1. The first-order valence-corrected chi connectivity index (χ1v) is 8.20. The summed E-state index contributed by atoms with van der Waals surface area (Å²) in [6.07, 6.45) is 7.64. The van der Waals surface area contributed by atoms with Crippen LogP contribution in [-0.2, 0) is 0 Å². The van der Waals surface area contributed by atoms with E-state index in [0.29, 0.717) is 10.8 Å². The molecule has 2 rings (SSSR count). The molecule has 1 aromatic rings. The van der Waals surface area contributed by atoms with Crippen molar-refractivity contribution >= 4 is 11.8 Å². The van der Waals surface area contributed by atoms with Crippen LogP contribution in [0.3, 0.4) is 0 Å². The molecule has 102 valence electrons. The summed E-state index contributed by atoms with van der Waals surface area (Å²) in [4.78, 5) is 0. The first-order valence-electron chi connectivity index (χ1n) is 6.98. The second kappa shape index (κ2) is 6.45. The van der Waals surface area contributed by atoms with E-state index in [9.17, 15) is 0 Å². The van der Waals surface area contributed by atoms with E-state index < -0.39 is 0 Å². The summed E-state index contributed by atoms with van der Waals surface area (Å²) in [7, 11) is 0. The van der Waals surface area contributed by atoms with Gasteiger partial charge in [-0.25, -0.2) is 0 Å². The Hall–Kier alpha value is -0.980. The minimum absolute atomic E-state index is 0.345. The first-order chi connectivity index (χ1) is 9.19. The Bertz CT molecular complexity index is 441. The molecule has 0 radical (unpaired) electrons. The quantitative estimate of drug-likeness (QED) is 0.885. The van der Waals surface area contributed by atoms with Gasteiger partial charge in [-0.15, -0.1) is 0 Å². The van der Waals surface area contributed by atoms with Gasteiger partial charge in [-0.05, 0) is 43.7 Å². The molecule has 19 heavy (non-hydrogen) atoms. The maximum atomic E-state index is 8.81. The Balaban J connectivity index is 1.93. The van der Waals surface area contributed by atoms with Gasteiger partial charge in [0.25, 0.3) is 0 Å². The van der Waals surface area contributed by atoms with E-state index in [2.05, 4.69) is 36.7 Å². The Labute approximate surface area is 120 Å². The highest BCUT2D eigenvalue weighted by Gasteiger charge is 2.32. The summed E-state index contributed by atoms with van der Waals surface area (Å²) in [5.41, 5.74) is 1.99. The van der Waals surface area contributed by atoms with Crippen LogP contribution in [0.2, 0.25) is 0 Å². The largest absolute Gasteiger partial charge is 0.309 e. The number of benzene rings is 1. The second-order valence-electron chi connectivity index (χ2n) is 5.43. The van der Waals surface area contributed by atoms with Crippen molar-refractivity contribution in [2.75, 3.05) is 12.8 Å². The van der Waals surface area contributed by atoms with Crippen molar-refractivity contribution in [1.82, 2.24) is 5.32 Å². The van der Waals surface area contributed by atoms with Crippen LogP contribution in [0.15, 0.2) is 24.3 Å². The minimum atomic E-state index is 0.345. The number of nitrogens with one attached hydrogen (secondary N) is 1. The number of thioether (sulfide) groups is 1. The van der Waals surface area contributed by atoms with E-state index in [4.69, 9.17) is 5.26 Å². The maximum absolute atomic E-state index is 8.81. The summed E-state index contributed by atoms with van der Waals surface area (Å²) in [5, 5.41) is 12.5. The molecule has 1 aliphatic carbocycles. The highest BCUT2D eigenvalue weighted by atomic mass is 32.2. The lowest BCUT2D eigenvalue weighted by Crippen LogP contribution is -2.36. The molecule has 1 aromatic carbocycles. The van der Waals surface area contributed by atoms with E-state index in [-0.39, 0.29) is 0 Å². The Morgan fingerprint density at radius 1 is 1.32 bits per heavy atom. The average Bonchev–Trinajstić information content (AvgIpc) is 2.94.